The van der Waals surface area contributed by atoms with Crippen LogP contribution in [0.1, 0.15) is 29.5 Å². The maximum atomic E-state index is 11.8. The second-order valence-corrected chi connectivity index (χ2v) is 10.4. The molecule has 1 fully saturated rings. The molecule has 1 aliphatic heterocycles. The van der Waals surface area contributed by atoms with Crippen molar-refractivity contribution in [3.63, 3.8) is 0 Å². The van der Waals surface area contributed by atoms with Crippen LogP contribution in [0.25, 0.3) is 11.0 Å². The Morgan fingerprint density at radius 3 is 2.81 bits per heavy atom. The predicted molar refractivity (Wildman–Crippen MR) is 118 cm³/mol. The number of carbonyl (C=O) groups excluding carboxylic acids is 1. The zero-order chi connectivity index (χ0) is 22.0. The number of hydrogen-bond donors (Lipinski definition) is 1. The Kier molecular flexibility index (Phi) is 6.11. The van der Waals surface area contributed by atoms with E-state index >= 15 is 0 Å². The third-order valence-corrected chi connectivity index (χ3v) is 7.44. The largest absolute Gasteiger partial charge is 0.491 e. The van der Waals surface area contributed by atoms with Crippen LogP contribution < -0.4 is 4.74 Å². The minimum Gasteiger partial charge on any atom is -0.491 e. The fourth-order valence-electron chi connectivity index (χ4n) is 4.04. The Morgan fingerprint density at radius 2 is 2.06 bits per heavy atom. The number of aromatic nitrogens is 2. The SMILES string of the molecule is CC(=O)c1cccc(OC[C@H](O)Cn2c(C[C@@H]3CCS(=O)(=O)C3)nc3ccccc32)c1. The van der Waals surface area contributed by atoms with Gasteiger partial charge in [-0.1, -0.05) is 24.3 Å². The summed E-state index contributed by atoms with van der Waals surface area (Å²) in [5.41, 5.74) is 2.28. The van der Waals surface area contributed by atoms with E-state index in [-0.39, 0.29) is 36.4 Å². The van der Waals surface area contributed by atoms with Gasteiger partial charge < -0.3 is 14.4 Å². The molecule has 7 nitrogen and oxygen atoms in total. The number of carbonyl (C=O) groups is 1. The van der Waals surface area contributed by atoms with E-state index in [1.54, 1.807) is 24.3 Å². The van der Waals surface area contributed by atoms with E-state index in [0.29, 0.717) is 24.2 Å². The van der Waals surface area contributed by atoms with Crippen molar-refractivity contribution in [3.8, 4) is 5.75 Å². The number of benzene rings is 2. The molecule has 31 heavy (non-hydrogen) atoms. The molecule has 2 atom stereocenters. The molecule has 1 saturated heterocycles. The number of rotatable bonds is 8. The highest BCUT2D eigenvalue weighted by atomic mass is 32.2. The molecule has 0 saturated carbocycles. The van der Waals surface area contributed by atoms with Crippen molar-refractivity contribution < 1.29 is 23.1 Å². The van der Waals surface area contributed by atoms with Crippen LogP contribution in [0.3, 0.4) is 0 Å². The van der Waals surface area contributed by atoms with Crippen molar-refractivity contribution in [1.82, 2.24) is 9.55 Å². The molecule has 1 N–H and O–H groups in total. The smallest absolute Gasteiger partial charge is 0.159 e. The quantitative estimate of drug-likeness (QED) is 0.539. The van der Waals surface area contributed by atoms with Gasteiger partial charge in [-0.05, 0) is 43.5 Å². The van der Waals surface area contributed by atoms with Gasteiger partial charge in [-0.25, -0.2) is 13.4 Å². The number of imidazole rings is 1. The molecule has 1 aliphatic rings. The summed E-state index contributed by atoms with van der Waals surface area (Å²) in [6, 6.07) is 14.6. The molecular formula is C23H26N2O5S. The normalized spacial score (nSPS) is 18.8. The standard InChI is InChI=1S/C23H26N2O5S/c1-16(26)18-5-4-6-20(12-18)30-14-19(27)13-25-22-8-3-2-7-21(22)24-23(25)11-17-9-10-31(28,29)15-17/h2-8,12,17,19,27H,9-11,13-15H2,1H3/t17-,19+/m0/s1. The molecular weight excluding hydrogens is 416 g/mol. The number of hydrogen-bond acceptors (Lipinski definition) is 6. The lowest BCUT2D eigenvalue weighted by atomic mass is 10.1. The van der Waals surface area contributed by atoms with E-state index < -0.39 is 15.9 Å². The van der Waals surface area contributed by atoms with E-state index in [1.165, 1.54) is 6.92 Å². The molecule has 0 aliphatic carbocycles. The van der Waals surface area contributed by atoms with Crippen LogP contribution in [-0.2, 0) is 22.8 Å². The van der Waals surface area contributed by atoms with E-state index in [4.69, 9.17) is 9.72 Å². The van der Waals surface area contributed by atoms with Gasteiger partial charge in [-0.3, -0.25) is 4.79 Å². The van der Waals surface area contributed by atoms with Gasteiger partial charge >= 0.3 is 0 Å². The number of para-hydroxylation sites is 2. The highest BCUT2D eigenvalue weighted by Crippen LogP contribution is 2.25. The van der Waals surface area contributed by atoms with Crippen LogP contribution >= 0.6 is 0 Å². The second kappa shape index (κ2) is 8.80. The summed E-state index contributed by atoms with van der Waals surface area (Å²) in [4.78, 5) is 16.2. The Bertz CT molecular complexity index is 1200. The van der Waals surface area contributed by atoms with Gasteiger partial charge in [0.2, 0.25) is 0 Å². The molecule has 0 bridgehead atoms. The number of nitrogens with zero attached hydrogens (tertiary/aromatic N) is 2. The topological polar surface area (TPSA) is 98.5 Å². The minimum atomic E-state index is -2.96. The molecule has 2 heterocycles. The van der Waals surface area contributed by atoms with Crippen LogP contribution in [0.15, 0.2) is 48.5 Å². The van der Waals surface area contributed by atoms with Crippen LogP contribution in [-0.4, -0.2) is 53.1 Å². The number of fused-ring (bicyclic) bond motifs is 1. The maximum absolute atomic E-state index is 11.8. The summed E-state index contributed by atoms with van der Waals surface area (Å²) in [6.45, 7) is 1.84. The lowest BCUT2D eigenvalue weighted by Gasteiger charge is -2.17. The lowest BCUT2D eigenvalue weighted by molar-refractivity contribution is 0.0924. The number of aliphatic hydroxyl groups excluding tert-OH is 1. The van der Waals surface area contributed by atoms with Gasteiger partial charge in [0.1, 0.15) is 24.3 Å². The monoisotopic (exact) mass is 442 g/mol. The number of sulfone groups is 1. The first kappa shape index (κ1) is 21.5. The highest BCUT2D eigenvalue weighted by Gasteiger charge is 2.29. The molecule has 2 aromatic carbocycles. The Balaban J connectivity index is 1.49. The predicted octanol–water partition coefficient (Wildman–Crippen LogP) is 2.66. The van der Waals surface area contributed by atoms with Crippen molar-refractivity contribution >= 4 is 26.7 Å². The van der Waals surface area contributed by atoms with Crippen molar-refractivity contribution in [2.75, 3.05) is 18.1 Å². The van der Waals surface area contributed by atoms with Gasteiger partial charge in [0.05, 0.1) is 29.1 Å². The Morgan fingerprint density at radius 1 is 1.26 bits per heavy atom. The second-order valence-electron chi connectivity index (χ2n) is 8.15. The Labute approximate surface area is 181 Å². The molecule has 8 heteroatoms. The van der Waals surface area contributed by atoms with Gasteiger partial charge in [0.15, 0.2) is 15.6 Å². The number of Topliss-reactive ketones (excluding diaryl/α,β-unsaturated/α-hetero) is 1. The average Bonchev–Trinajstić information content (AvgIpc) is 3.26. The fourth-order valence-corrected chi connectivity index (χ4v) is 5.90. The van der Waals surface area contributed by atoms with E-state index in [1.807, 2.05) is 28.8 Å². The maximum Gasteiger partial charge on any atom is 0.159 e. The van der Waals surface area contributed by atoms with Crippen LogP contribution in [0.2, 0.25) is 0 Å². The van der Waals surface area contributed by atoms with E-state index in [2.05, 4.69) is 0 Å². The van der Waals surface area contributed by atoms with Crippen molar-refractivity contribution in [1.29, 1.82) is 0 Å². The average molecular weight is 443 g/mol. The summed E-state index contributed by atoms with van der Waals surface area (Å²) < 4.78 is 31.4. The van der Waals surface area contributed by atoms with Gasteiger partial charge in [-0.15, -0.1) is 0 Å². The van der Waals surface area contributed by atoms with Crippen molar-refractivity contribution in [2.45, 2.75) is 32.4 Å². The van der Waals surface area contributed by atoms with E-state index in [9.17, 15) is 18.3 Å². The lowest BCUT2D eigenvalue weighted by Crippen LogP contribution is -2.25. The van der Waals surface area contributed by atoms with Crippen LogP contribution in [0, 0.1) is 5.92 Å². The summed E-state index contributed by atoms with van der Waals surface area (Å²) in [6.07, 6.45) is 0.399. The van der Waals surface area contributed by atoms with Gasteiger partial charge in [0.25, 0.3) is 0 Å². The fraction of sp³-hybridized carbons (Fsp3) is 0.391. The zero-order valence-corrected chi connectivity index (χ0v) is 18.2. The molecule has 164 valence electrons. The highest BCUT2D eigenvalue weighted by molar-refractivity contribution is 7.91. The molecule has 4 rings (SSSR count). The first-order valence-corrected chi connectivity index (χ1v) is 12.2. The van der Waals surface area contributed by atoms with Crippen LogP contribution in [0.5, 0.6) is 5.75 Å². The zero-order valence-electron chi connectivity index (χ0n) is 17.4. The first-order valence-electron chi connectivity index (χ1n) is 10.4. The number of ketones is 1. The summed E-state index contributed by atoms with van der Waals surface area (Å²) in [5.74, 6) is 1.72. The third-order valence-electron chi connectivity index (χ3n) is 5.61. The van der Waals surface area contributed by atoms with Gasteiger partial charge in [0, 0.05) is 12.0 Å². The van der Waals surface area contributed by atoms with E-state index in [0.717, 1.165) is 16.9 Å². The molecule has 0 amide bonds. The summed E-state index contributed by atoms with van der Waals surface area (Å²) in [5, 5.41) is 10.7. The summed E-state index contributed by atoms with van der Waals surface area (Å²) >= 11 is 0. The van der Waals surface area contributed by atoms with Gasteiger partial charge in [-0.2, -0.15) is 0 Å². The van der Waals surface area contributed by atoms with Crippen molar-refractivity contribution in [2.24, 2.45) is 5.92 Å². The first-order chi connectivity index (χ1) is 14.8. The molecule has 3 aromatic rings. The van der Waals surface area contributed by atoms with Crippen LogP contribution in [0.4, 0.5) is 0 Å². The minimum absolute atomic E-state index is 0.0447. The number of aliphatic hydroxyl groups is 1. The molecule has 0 unspecified atom stereocenters. The Hall–Kier alpha value is -2.71. The third kappa shape index (κ3) is 5.14. The van der Waals surface area contributed by atoms with Crippen molar-refractivity contribution in [3.05, 3.63) is 59.9 Å². The molecule has 1 aromatic heterocycles. The molecule has 0 radical (unpaired) electrons. The summed E-state index contributed by atoms with van der Waals surface area (Å²) in [7, 11) is -2.96. The molecule has 0 spiro atoms. The number of ether oxygens (including phenoxy) is 1.